The first-order valence-corrected chi connectivity index (χ1v) is 5.88. The molecule has 3 unspecified atom stereocenters. The van der Waals surface area contributed by atoms with Gasteiger partial charge in [-0.15, -0.1) is 11.3 Å². The Labute approximate surface area is 83.4 Å². The van der Waals surface area contributed by atoms with Crippen LogP contribution < -0.4 is 0 Å². The monoisotopic (exact) mass is 196 g/mol. The van der Waals surface area contributed by atoms with Crippen molar-refractivity contribution in [3.05, 3.63) is 22.4 Å². The molecule has 0 bridgehead atoms. The van der Waals surface area contributed by atoms with Gasteiger partial charge in [0.15, 0.2) is 0 Å². The lowest BCUT2D eigenvalue weighted by atomic mass is 9.91. The zero-order valence-electron chi connectivity index (χ0n) is 7.94. The molecule has 0 radical (unpaired) electrons. The predicted molar refractivity (Wildman–Crippen MR) is 55.8 cm³/mol. The number of hydrogen-bond acceptors (Lipinski definition) is 2. The van der Waals surface area contributed by atoms with E-state index in [1.807, 2.05) is 17.5 Å². The van der Waals surface area contributed by atoms with Crippen molar-refractivity contribution < 1.29 is 5.11 Å². The molecule has 2 rings (SSSR count). The third-order valence-electron chi connectivity index (χ3n) is 3.17. The maximum absolute atomic E-state index is 10.1. The average Bonchev–Trinajstić information content (AvgIpc) is 2.72. The molecule has 1 N–H and O–H groups in total. The molecule has 3 atom stereocenters. The van der Waals surface area contributed by atoms with E-state index in [0.717, 1.165) is 4.88 Å². The van der Waals surface area contributed by atoms with E-state index >= 15 is 0 Å². The van der Waals surface area contributed by atoms with Gasteiger partial charge in [0.2, 0.25) is 0 Å². The van der Waals surface area contributed by atoms with Crippen molar-refractivity contribution in [1.29, 1.82) is 0 Å². The Morgan fingerprint density at radius 2 is 2.38 bits per heavy atom. The molecule has 72 valence electrons. The number of rotatable bonds is 2. The lowest BCUT2D eigenvalue weighted by Gasteiger charge is -2.20. The summed E-state index contributed by atoms with van der Waals surface area (Å²) >= 11 is 1.67. The van der Waals surface area contributed by atoms with Crippen LogP contribution in [0.4, 0.5) is 0 Å². The van der Waals surface area contributed by atoms with E-state index in [1.54, 1.807) is 11.3 Å². The summed E-state index contributed by atoms with van der Waals surface area (Å²) in [5, 5.41) is 12.1. The van der Waals surface area contributed by atoms with Crippen molar-refractivity contribution in [2.75, 3.05) is 0 Å². The number of aliphatic hydroxyl groups excluding tert-OH is 1. The molecule has 0 aromatic carbocycles. The van der Waals surface area contributed by atoms with E-state index in [-0.39, 0.29) is 6.10 Å². The van der Waals surface area contributed by atoms with Crippen LogP contribution in [-0.2, 0) is 0 Å². The highest BCUT2D eigenvalue weighted by Gasteiger charge is 2.30. The zero-order chi connectivity index (χ0) is 9.26. The van der Waals surface area contributed by atoms with Crippen LogP contribution in [0.25, 0.3) is 0 Å². The molecule has 1 heterocycles. The van der Waals surface area contributed by atoms with Gasteiger partial charge in [-0.1, -0.05) is 25.8 Å². The first-order chi connectivity index (χ1) is 6.29. The molecule has 1 aromatic heterocycles. The summed E-state index contributed by atoms with van der Waals surface area (Å²) in [4.78, 5) is 1.14. The highest BCUT2D eigenvalue weighted by atomic mass is 32.1. The SMILES string of the molecule is CC1CCCC1C(O)c1cccs1. The van der Waals surface area contributed by atoms with Gasteiger partial charge in [-0.2, -0.15) is 0 Å². The molecule has 2 heteroatoms. The van der Waals surface area contributed by atoms with E-state index in [1.165, 1.54) is 19.3 Å². The van der Waals surface area contributed by atoms with Gasteiger partial charge in [-0.05, 0) is 29.7 Å². The summed E-state index contributed by atoms with van der Waals surface area (Å²) < 4.78 is 0. The minimum Gasteiger partial charge on any atom is -0.387 e. The van der Waals surface area contributed by atoms with Gasteiger partial charge in [0.05, 0.1) is 6.10 Å². The first kappa shape index (κ1) is 9.22. The maximum Gasteiger partial charge on any atom is 0.0912 e. The molecule has 1 aliphatic rings. The largest absolute Gasteiger partial charge is 0.387 e. The predicted octanol–water partition coefficient (Wildman–Crippen LogP) is 3.22. The third kappa shape index (κ3) is 1.79. The Hall–Kier alpha value is -0.340. The van der Waals surface area contributed by atoms with Crippen LogP contribution in [0.15, 0.2) is 17.5 Å². The average molecular weight is 196 g/mol. The van der Waals surface area contributed by atoms with Crippen molar-refractivity contribution >= 4 is 11.3 Å². The molecule has 1 fully saturated rings. The fourth-order valence-electron chi connectivity index (χ4n) is 2.31. The van der Waals surface area contributed by atoms with Gasteiger partial charge in [-0.25, -0.2) is 0 Å². The van der Waals surface area contributed by atoms with Crippen LogP contribution in [0.2, 0.25) is 0 Å². The maximum atomic E-state index is 10.1. The molecular weight excluding hydrogens is 180 g/mol. The summed E-state index contributed by atoms with van der Waals surface area (Å²) in [5.74, 6) is 1.19. The molecule has 0 aliphatic heterocycles. The molecule has 1 nitrogen and oxygen atoms in total. The molecule has 1 saturated carbocycles. The molecule has 1 aromatic rings. The van der Waals surface area contributed by atoms with Crippen molar-refractivity contribution in [2.45, 2.75) is 32.3 Å². The van der Waals surface area contributed by atoms with Gasteiger partial charge in [0.25, 0.3) is 0 Å². The Bertz CT molecular complexity index is 255. The fourth-order valence-corrected chi connectivity index (χ4v) is 3.10. The van der Waals surface area contributed by atoms with Gasteiger partial charge in [-0.3, -0.25) is 0 Å². The molecule has 1 aliphatic carbocycles. The highest BCUT2D eigenvalue weighted by molar-refractivity contribution is 7.10. The standard InChI is InChI=1S/C11H16OS/c1-8-4-2-5-9(8)11(12)10-6-3-7-13-10/h3,6-9,11-12H,2,4-5H2,1H3. The minimum absolute atomic E-state index is 0.211. The number of thiophene rings is 1. The minimum atomic E-state index is -0.211. The Morgan fingerprint density at radius 3 is 2.92 bits per heavy atom. The van der Waals surface area contributed by atoms with Crippen LogP contribution >= 0.6 is 11.3 Å². The van der Waals surface area contributed by atoms with E-state index in [9.17, 15) is 5.11 Å². The van der Waals surface area contributed by atoms with Crippen LogP contribution in [0, 0.1) is 11.8 Å². The first-order valence-electron chi connectivity index (χ1n) is 5.00. The normalized spacial score (nSPS) is 30.6. The zero-order valence-corrected chi connectivity index (χ0v) is 8.76. The second-order valence-corrected chi connectivity index (χ2v) is 5.01. The fraction of sp³-hybridized carbons (Fsp3) is 0.636. The van der Waals surface area contributed by atoms with E-state index < -0.39 is 0 Å². The quantitative estimate of drug-likeness (QED) is 0.770. The van der Waals surface area contributed by atoms with Crippen molar-refractivity contribution in [3.63, 3.8) is 0 Å². The topological polar surface area (TPSA) is 20.2 Å². The summed E-state index contributed by atoms with van der Waals surface area (Å²) in [6, 6.07) is 4.06. The molecule has 0 saturated heterocycles. The second-order valence-electron chi connectivity index (χ2n) is 4.03. The van der Waals surface area contributed by atoms with Crippen molar-refractivity contribution in [2.24, 2.45) is 11.8 Å². The second kappa shape index (κ2) is 3.81. The van der Waals surface area contributed by atoms with Gasteiger partial charge >= 0.3 is 0 Å². The van der Waals surface area contributed by atoms with Gasteiger partial charge < -0.3 is 5.11 Å². The number of aliphatic hydroxyl groups is 1. The molecule has 0 spiro atoms. The third-order valence-corrected chi connectivity index (χ3v) is 4.11. The number of hydrogen-bond donors (Lipinski definition) is 1. The summed E-state index contributed by atoms with van der Waals surface area (Å²) in [6.07, 6.45) is 3.55. The van der Waals surface area contributed by atoms with Crippen LogP contribution in [0.5, 0.6) is 0 Å². The Morgan fingerprint density at radius 1 is 1.54 bits per heavy atom. The van der Waals surface area contributed by atoms with Crippen molar-refractivity contribution in [3.8, 4) is 0 Å². The molecule has 13 heavy (non-hydrogen) atoms. The van der Waals surface area contributed by atoms with E-state index in [2.05, 4.69) is 6.92 Å². The summed E-state index contributed by atoms with van der Waals surface area (Å²) in [6.45, 7) is 2.26. The highest BCUT2D eigenvalue weighted by Crippen LogP contribution is 2.40. The van der Waals surface area contributed by atoms with Crippen LogP contribution in [0.1, 0.15) is 37.2 Å². The Kier molecular flexibility index (Phi) is 2.70. The molecule has 0 amide bonds. The Balaban J connectivity index is 2.08. The lowest BCUT2D eigenvalue weighted by Crippen LogP contribution is -2.13. The van der Waals surface area contributed by atoms with Crippen molar-refractivity contribution in [1.82, 2.24) is 0 Å². The van der Waals surface area contributed by atoms with Gasteiger partial charge in [0.1, 0.15) is 0 Å². The summed E-state index contributed by atoms with van der Waals surface area (Å²) in [5.41, 5.74) is 0. The molecular formula is C11H16OS. The van der Waals surface area contributed by atoms with Crippen LogP contribution in [0.3, 0.4) is 0 Å². The van der Waals surface area contributed by atoms with Crippen LogP contribution in [-0.4, -0.2) is 5.11 Å². The lowest BCUT2D eigenvalue weighted by molar-refractivity contribution is 0.0933. The van der Waals surface area contributed by atoms with E-state index in [4.69, 9.17) is 0 Å². The smallest absolute Gasteiger partial charge is 0.0912 e. The van der Waals surface area contributed by atoms with Gasteiger partial charge in [0, 0.05) is 4.88 Å². The summed E-state index contributed by atoms with van der Waals surface area (Å²) in [7, 11) is 0. The van der Waals surface area contributed by atoms with E-state index in [0.29, 0.717) is 11.8 Å².